The van der Waals surface area contributed by atoms with E-state index in [1.807, 2.05) is 6.20 Å². The molecule has 0 aromatic carbocycles. The summed E-state index contributed by atoms with van der Waals surface area (Å²) in [5.41, 5.74) is 2.52. The van der Waals surface area contributed by atoms with Gasteiger partial charge in [-0.1, -0.05) is 27.2 Å². The summed E-state index contributed by atoms with van der Waals surface area (Å²) in [6, 6.07) is 5.21. The minimum Gasteiger partial charge on any atom is -0.368 e. The van der Waals surface area contributed by atoms with Crippen molar-refractivity contribution in [2.45, 2.75) is 59.0 Å². The van der Waals surface area contributed by atoms with Crippen molar-refractivity contribution >= 4 is 5.69 Å². The largest absolute Gasteiger partial charge is 0.368 e. The fourth-order valence-electron chi connectivity index (χ4n) is 2.47. The molecule has 1 saturated carbocycles. The van der Waals surface area contributed by atoms with Crippen molar-refractivity contribution in [3.05, 3.63) is 24.0 Å². The topological polar surface area (TPSA) is 28.2 Å². The number of hydrogen-bond acceptors (Lipinski definition) is 3. The van der Waals surface area contributed by atoms with E-state index in [4.69, 9.17) is 0 Å². The third-order valence-electron chi connectivity index (χ3n) is 3.73. The second-order valence-electron chi connectivity index (χ2n) is 6.31. The van der Waals surface area contributed by atoms with Crippen molar-refractivity contribution in [1.29, 1.82) is 0 Å². The number of aromatic nitrogens is 1. The van der Waals surface area contributed by atoms with Gasteiger partial charge in [0.25, 0.3) is 0 Å². The van der Waals surface area contributed by atoms with E-state index >= 15 is 0 Å². The van der Waals surface area contributed by atoms with E-state index in [1.165, 1.54) is 37.9 Å². The van der Waals surface area contributed by atoms with Crippen molar-refractivity contribution in [2.24, 2.45) is 5.92 Å². The van der Waals surface area contributed by atoms with Crippen LogP contribution in [-0.4, -0.2) is 24.1 Å². The molecule has 0 unspecified atom stereocenters. The van der Waals surface area contributed by atoms with E-state index in [9.17, 15) is 0 Å². The number of nitrogens with one attached hydrogen (secondary N) is 1. The average molecular weight is 275 g/mol. The Morgan fingerprint density at radius 2 is 2.20 bits per heavy atom. The van der Waals surface area contributed by atoms with Crippen molar-refractivity contribution in [2.75, 3.05) is 18.0 Å². The molecule has 3 nitrogen and oxygen atoms in total. The van der Waals surface area contributed by atoms with Crippen LogP contribution in [0.3, 0.4) is 0 Å². The molecule has 1 heterocycles. The lowest BCUT2D eigenvalue weighted by molar-refractivity contribution is 0.548. The molecule has 0 amide bonds. The van der Waals surface area contributed by atoms with E-state index < -0.39 is 0 Å². The number of nitrogens with zero attached hydrogens (tertiary/aromatic N) is 2. The molecule has 0 atom stereocenters. The zero-order valence-corrected chi connectivity index (χ0v) is 13.2. The minimum absolute atomic E-state index is 0.686. The molecule has 2 rings (SSSR count). The SMILES string of the molecule is CCCCN(c1ccnc(CNCC(C)C)c1)C1CC1. The molecule has 1 fully saturated rings. The van der Waals surface area contributed by atoms with Crippen LogP contribution in [0.4, 0.5) is 5.69 Å². The Morgan fingerprint density at radius 1 is 1.40 bits per heavy atom. The lowest BCUT2D eigenvalue weighted by Gasteiger charge is -2.25. The molecular weight excluding hydrogens is 246 g/mol. The molecule has 20 heavy (non-hydrogen) atoms. The summed E-state index contributed by atoms with van der Waals surface area (Å²) in [6.07, 6.45) is 7.21. The van der Waals surface area contributed by atoms with Crippen molar-refractivity contribution in [1.82, 2.24) is 10.3 Å². The Balaban J connectivity index is 1.95. The van der Waals surface area contributed by atoms with E-state index in [2.05, 4.69) is 48.1 Å². The van der Waals surface area contributed by atoms with Gasteiger partial charge in [0.15, 0.2) is 0 Å². The maximum absolute atomic E-state index is 4.49. The highest BCUT2D eigenvalue weighted by Gasteiger charge is 2.28. The summed E-state index contributed by atoms with van der Waals surface area (Å²) >= 11 is 0. The fraction of sp³-hybridized carbons (Fsp3) is 0.706. The van der Waals surface area contributed by atoms with Crippen LogP contribution in [0.2, 0.25) is 0 Å². The summed E-state index contributed by atoms with van der Waals surface area (Å²) in [5, 5.41) is 3.47. The first kappa shape index (κ1) is 15.3. The van der Waals surface area contributed by atoms with Gasteiger partial charge in [-0.25, -0.2) is 0 Å². The van der Waals surface area contributed by atoms with Gasteiger partial charge in [-0.15, -0.1) is 0 Å². The third kappa shape index (κ3) is 4.78. The normalized spacial score (nSPS) is 14.8. The summed E-state index contributed by atoms with van der Waals surface area (Å²) in [6.45, 7) is 9.84. The van der Waals surface area contributed by atoms with Crippen LogP contribution < -0.4 is 10.2 Å². The quantitative estimate of drug-likeness (QED) is 0.746. The standard InChI is InChI=1S/C17H29N3/c1-4-5-10-20(16-6-7-16)17-8-9-19-15(11-17)13-18-12-14(2)3/h8-9,11,14,16,18H,4-7,10,12-13H2,1-3H3. The summed E-state index contributed by atoms with van der Waals surface area (Å²) < 4.78 is 0. The maximum Gasteiger partial charge on any atom is 0.0562 e. The molecule has 1 aliphatic carbocycles. The van der Waals surface area contributed by atoms with Gasteiger partial charge in [0.05, 0.1) is 5.69 Å². The maximum atomic E-state index is 4.49. The van der Waals surface area contributed by atoms with Crippen LogP contribution >= 0.6 is 0 Å². The molecule has 1 aromatic rings. The first-order valence-corrected chi connectivity index (χ1v) is 8.13. The zero-order valence-electron chi connectivity index (χ0n) is 13.2. The number of pyridine rings is 1. The highest BCUT2D eigenvalue weighted by Crippen LogP contribution is 2.31. The van der Waals surface area contributed by atoms with Gasteiger partial charge in [-0.05, 0) is 43.9 Å². The van der Waals surface area contributed by atoms with Crippen LogP contribution in [0.15, 0.2) is 18.3 Å². The molecule has 0 aliphatic heterocycles. The predicted molar refractivity (Wildman–Crippen MR) is 86.1 cm³/mol. The fourth-order valence-corrected chi connectivity index (χ4v) is 2.47. The summed E-state index contributed by atoms with van der Waals surface area (Å²) in [7, 11) is 0. The molecular formula is C17H29N3. The molecule has 0 spiro atoms. The molecule has 1 aromatic heterocycles. The second-order valence-corrected chi connectivity index (χ2v) is 6.31. The smallest absolute Gasteiger partial charge is 0.0562 e. The molecule has 112 valence electrons. The first-order valence-electron chi connectivity index (χ1n) is 8.13. The minimum atomic E-state index is 0.686. The Hall–Kier alpha value is -1.09. The van der Waals surface area contributed by atoms with Gasteiger partial charge in [0.2, 0.25) is 0 Å². The predicted octanol–water partition coefficient (Wildman–Crippen LogP) is 3.60. The number of hydrogen-bond donors (Lipinski definition) is 1. The molecule has 0 bridgehead atoms. The van der Waals surface area contributed by atoms with Crippen LogP contribution in [0, 0.1) is 5.92 Å². The van der Waals surface area contributed by atoms with Crippen LogP contribution in [0.5, 0.6) is 0 Å². The molecule has 0 radical (unpaired) electrons. The molecule has 0 saturated heterocycles. The molecule has 1 N–H and O–H groups in total. The highest BCUT2D eigenvalue weighted by atomic mass is 15.2. The Kier molecular flexibility index (Phi) is 5.84. The van der Waals surface area contributed by atoms with Gasteiger partial charge in [-0.3, -0.25) is 4.98 Å². The lowest BCUT2D eigenvalue weighted by atomic mass is 10.2. The molecule has 1 aliphatic rings. The molecule has 3 heteroatoms. The van der Waals surface area contributed by atoms with Gasteiger partial charge in [0.1, 0.15) is 0 Å². The highest BCUT2D eigenvalue weighted by molar-refractivity contribution is 5.48. The first-order chi connectivity index (χ1) is 9.70. The van der Waals surface area contributed by atoms with E-state index in [-0.39, 0.29) is 0 Å². The lowest BCUT2D eigenvalue weighted by Crippen LogP contribution is -2.27. The Bertz CT molecular complexity index is 399. The van der Waals surface area contributed by atoms with Crippen molar-refractivity contribution in [3.63, 3.8) is 0 Å². The number of rotatable bonds is 9. The van der Waals surface area contributed by atoms with Gasteiger partial charge >= 0.3 is 0 Å². The van der Waals surface area contributed by atoms with Crippen molar-refractivity contribution < 1.29 is 0 Å². The van der Waals surface area contributed by atoms with Gasteiger partial charge in [0, 0.05) is 31.0 Å². The Labute approximate surface area is 123 Å². The van der Waals surface area contributed by atoms with Crippen LogP contribution in [-0.2, 0) is 6.54 Å². The van der Waals surface area contributed by atoms with Crippen LogP contribution in [0.1, 0.15) is 52.1 Å². The number of anilines is 1. The van der Waals surface area contributed by atoms with Gasteiger partial charge in [-0.2, -0.15) is 0 Å². The average Bonchev–Trinajstić information content (AvgIpc) is 3.24. The van der Waals surface area contributed by atoms with Gasteiger partial charge < -0.3 is 10.2 Å². The second kappa shape index (κ2) is 7.63. The zero-order chi connectivity index (χ0) is 14.4. The van der Waals surface area contributed by atoms with E-state index in [1.54, 1.807) is 0 Å². The summed E-state index contributed by atoms with van der Waals surface area (Å²) in [4.78, 5) is 7.07. The van der Waals surface area contributed by atoms with Crippen LogP contribution in [0.25, 0.3) is 0 Å². The summed E-state index contributed by atoms with van der Waals surface area (Å²) in [5.74, 6) is 0.686. The monoisotopic (exact) mass is 275 g/mol. The van der Waals surface area contributed by atoms with E-state index in [0.29, 0.717) is 5.92 Å². The van der Waals surface area contributed by atoms with Crippen molar-refractivity contribution in [3.8, 4) is 0 Å². The number of unbranched alkanes of at least 4 members (excludes halogenated alkanes) is 1. The Morgan fingerprint density at radius 3 is 2.85 bits per heavy atom. The van der Waals surface area contributed by atoms with E-state index in [0.717, 1.165) is 24.8 Å². The third-order valence-corrected chi connectivity index (χ3v) is 3.73.